The summed E-state index contributed by atoms with van der Waals surface area (Å²) in [5, 5.41) is 0. The van der Waals surface area contributed by atoms with Gasteiger partial charge in [-0.1, -0.05) is 6.58 Å². The molecule has 0 atom stereocenters. The summed E-state index contributed by atoms with van der Waals surface area (Å²) in [5.74, 6) is -2.41. The van der Waals surface area contributed by atoms with Gasteiger partial charge in [-0.05, 0) is 0 Å². The lowest BCUT2D eigenvalue weighted by Gasteiger charge is -2.19. The number of halogens is 6. The smallest absolute Gasteiger partial charge is 0.247 e. The molecule has 0 aliphatic carbocycles. The van der Waals surface area contributed by atoms with Gasteiger partial charge in [0.1, 0.15) is 0 Å². The Balaban J connectivity index is 4.34. The summed E-state index contributed by atoms with van der Waals surface area (Å²) in [7, 11) is 0. The van der Waals surface area contributed by atoms with E-state index in [9.17, 15) is 26.3 Å². The quantitative estimate of drug-likeness (QED) is 0.625. The molecular weight excluding hydrogens is 190 g/mol. The molecule has 0 spiro atoms. The van der Waals surface area contributed by atoms with E-state index in [-0.39, 0.29) is 0 Å². The van der Waals surface area contributed by atoms with Crippen LogP contribution in [-0.2, 0) is 4.74 Å². The zero-order chi connectivity index (χ0) is 9.99. The molecule has 0 unspecified atom stereocenters. The molecule has 0 heterocycles. The van der Waals surface area contributed by atoms with E-state index < -0.39 is 24.7 Å². The molecule has 0 amide bonds. The monoisotopic (exact) mass is 194 g/mol. The van der Waals surface area contributed by atoms with E-state index >= 15 is 0 Å². The van der Waals surface area contributed by atoms with Crippen molar-refractivity contribution in [3.8, 4) is 0 Å². The normalized spacial score (nSPS) is 13.2. The minimum Gasteiger partial charge on any atom is -0.247 e. The molecule has 0 aliphatic rings. The van der Waals surface area contributed by atoms with Crippen molar-refractivity contribution >= 4 is 0 Å². The fourth-order valence-electron chi connectivity index (χ4n) is 0.270. The van der Waals surface area contributed by atoms with Gasteiger partial charge in [0.05, 0.1) is 0 Å². The van der Waals surface area contributed by atoms with Crippen molar-refractivity contribution in [2.24, 2.45) is 0 Å². The van der Waals surface area contributed by atoms with Gasteiger partial charge in [0.2, 0.25) is 0 Å². The Morgan fingerprint density at radius 3 is 1.92 bits per heavy atom. The van der Waals surface area contributed by atoms with Crippen molar-refractivity contribution in [2.45, 2.75) is 12.2 Å². The van der Waals surface area contributed by atoms with E-state index in [2.05, 4.69) is 4.74 Å². The SMILES string of the molecule is C=C(F)C(F)(F)OC(F)(F)CF. The predicted molar refractivity (Wildman–Crippen MR) is 27.2 cm³/mol. The largest absolute Gasteiger partial charge is 0.413 e. The van der Waals surface area contributed by atoms with E-state index in [0.29, 0.717) is 0 Å². The van der Waals surface area contributed by atoms with Gasteiger partial charge in [0, 0.05) is 0 Å². The second kappa shape index (κ2) is 3.34. The van der Waals surface area contributed by atoms with Crippen molar-refractivity contribution in [1.82, 2.24) is 0 Å². The highest BCUT2D eigenvalue weighted by molar-refractivity contribution is 4.91. The molecule has 0 aromatic rings. The van der Waals surface area contributed by atoms with Crippen LogP contribution in [0.3, 0.4) is 0 Å². The van der Waals surface area contributed by atoms with Gasteiger partial charge in [-0.15, -0.1) is 0 Å². The van der Waals surface area contributed by atoms with E-state index in [0.717, 1.165) is 0 Å². The van der Waals surface area contributed by atoms with E-state index in [1.165, 1.54) is 0 Å². The third-order valence-corrected chi connectivity index (χ3v) is 0.749. The van der Waals surface area contributed by atoms with Crippen LogP contribution >= 0.6 is 0 Å². The third kappa shape index (κ3) is 3.12. The summed E-state index contributed by atoms with van der Waals surface area (Å²) >= 11 is 0. The molecule has 0 N–H and O–H groups in total. The van der Waals surface area contributed by atoms with Gasteiger partial charge in [0.25, 0.3) is 0 Å². The van der Waals surface area contributed by atoms with E-state index in [1.807, 2.05) is 6.58 Å². The molecule has 0 radical (unpaired) electrons. The van der Waals surface area contributed by atoms with Crippen molar-refractivity contribution in [3.63, 3.8) is 0 Å². The van der Waals surface area contributed by atoms with Gasteiger partial charge in [-0.3, -0.25) is 0 Å². The summed E-state index contributed by atoms with van der Waals surface area (Å²) in [6, 6.07) is 0. The number of ether oxygens (including phenoxy) is 1. The molecule has 0 rings (SSSR count). The van der Waals surface area contributed by atoms with Crippen molar-refractivity contribution in [1.29, 1.82) is 0 Å². The lowest BCUT2D eigenvalue weighted by molar-refractivity contribution is -0.366. The molecule has 7 heteroatoms. The lowest BCUT2D eigenvalue weighted by atomic mass is 10.5. The summed E-state index contributed by atoms with van der Waals surface area (Å²) in [6.45, 7) is -0.415. The van der Waals surface area contributed by atoms with Gasteiger partial charge in [-0.25, -0.2) is 13.5 Å². The molecule has 0 saturated carbocycles. The number of hydrogen-bond acceptors (Lipinski definition) is 1. The topological polar surface area (TPSA) is 9.23 Å². The standard InChI is InChI=1S/C5H4F6O/c1-3(7)5(10,11)12-4(8,9)2-6/h1-2H2. The minimum absolute atomic E-state index is 2.05. The van der Waals surface area contributed by atoms with E-state index in [1.54, 1.807) is 0 Å². The summed E-state index contributed by atoms with van der Waals surface area (Å²) in [4.78, 5) is 0. The molecule has 0 fully saturated rings. The zero-order valence-corrected chi connectivity index (χ0v) is 5.59. The van der Waals surface area contributed by atoms with Crippen molar-refractivity contribution in [3.05, 3.63) is 12.4 Å². The van der Waals surface area contributed by atoms with Crippen LogP contribution in [0, 0.1) is 0 Å². The zero-order valence-electron chi connectivity index (χ0n) is 5.59. The Morgan fingerprint density at radius 1 is 1.25 bits per heavy atom. The first-order valence-electron chi connectivity index (χ1n) is 2.58. The van der Waals surface area contributed by atoms with Crippen molar-refractivity contribution < 1.29 is 31.1 Å². The van der Waals surface area contributed by atoms with Crippen LogP contribution in [0.2, 0.25) is 0 Å². The average molecular weight is 194 g/mol. The number of alkyl halides is 5. The Labute approximate surface area is 63.6 Å². The van der Waals surface area contributed by atoms with Crippen LogP contribution in [0.15, 0.2) is 12.4 Å². The van der Waals surface area contributed by atoms with E-state index in [4.69, 9.17) is 0 Å². The highest BCUT2D eigenvalue weighted by Crippen LogP contribution is 2.32. The molecule has 0 aromatic heterocycles. The second-order valence-electron chi connectivity index (χ2n) is 1.79. The highest BCUT2D eigenvalue weighted by Gasteiger charge is 2.47. The maximum atomic E-state index is 11.9. The third-order valence-electron chi connectivity index (χ3n) is 0.749. The summed E-state index contributed by atoms with van der Waals surface area (Å²) < 4.78 is 72.6. The van der Waals surface area contributed by atoms with Gasteiger partial charge < -0.3 is 0 Å². The Hall–Kier alpha value is -0.720. The fourth-order valence-corrected chi connectivity index (χ4v) is 0.270. The maximum Gasteiger partial charge on any atom is 0.413 e. The number of rotatable bonds is 4. The average Bonchev–Trinajstić information content (AvgIpc) is 1.85. The van der Waals surface area contributed by atoms with Gasteiger partial charge >= 0.3 is 12.2 Å². The summed E-state index contributed by atoms with van der Waals surface area (Å²) in [5.41, 5.74) is 0. The maximum absolute atomic E-state index is 11.9. The van der Waals surface area contributed by atoms with Gasteiger partial charge in [0.15, 0.2) is 12.5 Å². The molecule has 12 heavy (non-hydrogen) atoms. The number of hydrogen-bond donors (Lipinski definition) is 0. The second-order valence-corrected chi connectivity index (χ2v) is 1.79. The molecule has 0 bridgehead atoms. The Morgan fingerprint density at radius 2 is 1.67 bits per heavy atom. The molecular formula is C5H4F6O. The van der Waals surface area contributed by atoms with Crippen LogP contribution < -0.4 is 0 Å². The van der Waals surface area contributed by atoms with Crippen LogP contribution in [0.1, 0.15) is 0 Å². The van der Waals surface area contributed by atoms with Crippen LogP contribution in [-0.4, -0.2) is 18.9 Å². The summed E-state index contributed by atoms with van der Waals surface area (Å²) in [6.07, 6.45) is -9.58. The minimum atomic E-state index is -4.87. The van der Waals surface area contributed by atoms with Crippen molar-refractivity contribution in [2.75, 3.05) is 6.67 Å². The van der Waals surface area contributed by atoms with Gasteiger partial charge in [-0.2, -0.15) is 17.6 Å². The molecule has 0 aliphatic heterocycles. The lowest BCUT2D eigenvalue weighted by Crippen LogP contribution is -2.34. The van der Waals surface area contributed by atoms with Crippen LogP contribution in [0.4, 0.5) is 26.3 Å². The molecule has 72 valence electrons. The fraction of sp³-hybridized carbons (Fsp3) is 0.600. The Kier molecular flexibility index (Phi) is 3.14. The van der Waals surface area contributed by atoms with Crippen LogP contribution in [0.25, 0.3) is 0 Å². The molecule has 0 aromatic carbocycles. The first-order valence-corrected chi connectivity index (χ1v) is 2.58. The first-order chi connectivity index (χ1) is 5.21. The molecule has 1 nitrogen and oxygen atoms in total. The van der Waals surface area contributed by atoms with Crippen LogP contribution in [0.5, 0.6) is 0 Å². The molecule has 0 saturated heterocycles. The predicted octanol–water partition coefficient (Wildman–Crippen LogP) is 2.64. The Bertz CT molecular complexity index is 177. The first kappa shape index (κ1) is 11.3. The highest BCUT2D eigenvalue weighted by atomic mass is 19.3.